The normalized spacial score (nSPS) is 10.3. The third-order valence-electron chi connectivity index (χ3n) is 0.274. The van der Waals surface area contributed by atoms with Crippen molar-refractivity contribution in [1.29, 1.82) is 0 Å². The van der Waals surface area contributed by atoms with Crippen LogP contribution in [-0.4, -0.2) is 33.3 Å². The largest absolute Gasteiger partial charge is 0.412 e. The van der Waals surface area contributed by atoms with E-state index in [1.54, 1.807) is 0 Å². The maximum absolute atomic E-state index is 7.81. The average Bonchev–Trinajstić information content (AvgIpc) is 1.35. The Kier molecular flexibility index (Phi) is 4.10. The second-order valence-corrected chi connectivity index (χ2v) is 0.978. The standard InChI is InChI=1S/C2H7NO3.H2O/c3-1-2(4,5)6;/h4-6H,1,3H2;1H2. The molecule has 0 heterocycles. The molecule has 0 aromatic carbocycles. The van der Waals surface area contributed by atoms with Crippen molar-refractivity contribution in [1.82, 2.24) is 0 Å². The molecule has 0 aromatic heterocycles. The van der Waals surface area contributed by atoms with Gasteiger partial charge in [-0.05, 0) is 0 Å². The lowest BCUT2D eigenvalue weighted by molar-refractivity contribution is -0.302. The molecular formula is C2H9NO4. The van der Waals surface area contributed by atoms with Gasteiger partial charge < -0.3 is 26.5 Å². The summed E-state index contributed by atoms with van der Waals surface area (Å²) in [7, 11) is 0. The monoisotopic (exact) mass is 111 g/mol. The maximum Gasteiger partial charge on any atom is 0.288 e. The zero-order valence-electron chi connectivity index (χ0n) is 3.63. The van der Waals surface area contributed by atoms with Crippen LogP contribution >= 0.6 is 0 Å². The molecule has 0 saturated heterocycles. The Morgan fingerprint density at radius 3 is 1.43 bits per heavy atom. The summed E-state index contributed by atoms with van der Waals surface area (Å²) in [6.07, 6.45) is 0. The molecule has 0 bridgehead atoms. The van der Waals surface area contributed by atoms with Gasteiger partial charge in [0.25, 0.3) is 5.97 Å². The van der Waals surface area contributed by atoms with Crippen LogP contribution in [0, 0.1) is 0 Å². The summed E-state index contributed by atoms with van der Waals surface area (Å²) in [5, 5.41) is 23.4. The Morgan fingerprint density at radius 1 is 1.29 bits per heavy atom. The van der Waals surface area contributed by atoms with E-state index >= 15 is 0 Å². The highest BCUT2D eigenvalue weighted by Gasteiger charge is 2.12. The van der Waals surface area contributed by atoms with Crippen LogP contribution in [0.1, 0.15) is 0 Å². The Bertz CT molecular complexity index is 39.4. The molecule has 5 nitrogen and oxygen atoms in total. The highest BCUT2D eigenvalue weighted by Crippen LogP contribution is 1.82. The molecule has 7 heavy (non-hydrogen) atoms. The highest BCUT2D eigenvalue weighted by atomic mass is 16.7. The third-order valence-corrected chi connectivity index (χ3v) is 0.274. The van der Waals surface area contributed by atoms with Gasteiger partial charge in [0.15, 0.2) is 0 Å². The smallest absolute Gasteiger partial charge is 0.288 e. The minimum atomic E-state index is -2.68. The number of hydrogen-bond acceptors (Lipinski definition) is 4. The Labute approximate surface area is 40.3 Å². The van der Waals surface area contributed by atoms with Gasteiger partial charge in [0.05, 0.1) is 6.54 Å². The quantitative estimate of drug-likeness (QED) is 0.266. The van der Waals surface area contributed by atoms with Crippen LogP contribution in [0.5, 0.6) is 0 Å². The lowest BCUT2D eigenvalue weighted by Gasteiger charge is -2.07. The predicted molar refractivity (Wildman–Crippen MR) is 22.1 cm³/mol. The van der Waals surface area contributed by atoms with E-state index in [0.29, 0.717) is 0 Å². The van der Waals surface area contributed by atoms with Gasteiger partial charge in [0.2, 0.25) is 0 Å². The van der Waals surface area contributed by atoms with Crippen molar-refractivity contribution >= 4 is 0 Å². The molecule has 5 heteroatoms. The first-order valence-corrected chi connectivity index (χ1v) is 1.43. The minimum Gasteiger partial charge on any atom is -0.412 e. The Hall–Kier alpha value is -0.200. The van der Waals surface area contributed by atoms with Crippen LogP contribution in [0.15, 0.2) is 0 Å². The van der Waals surface area contributed by atoms with Crippen LogP contribution in [-0.2, 0) is 0 Å². The summed E-state index contributed by atoms with van der Waals surface area (Å²) in [6.45, 7) is -0.562. The second kappa shape index (κ2) is 2.89. The molecule has 0 amide bonds. The summed E-state index contributed by atoms with van der Waals surface area (Å²) < 4.78 is 0. The molecule has 0 aromatic rings. The molecule has 46 valence electrons. The highest BCUT2D eigenvalue weighted by molar-refractivity contribution is 4.41. The summed E-state index contributed by atoms with van der Waals surface area (Å²) in [5.74, 6) is -2.68. The second-order valence-electron chi connectivity index (χ2n) is 0.978. The first-order chi connectivity index (χ1) is 2.56. The lowest BCUT2D eigenvalue weighted by atomic mass is 10.6. The van der Waals surface area contributed by atoms with Crippen LogP contribution in [0.2, 0.25) is 0 Å². The van der Waals surface area contributed by atoms with Gasteiger partial charge >= 0.3 is 0 Å². The van der Waals surface area contributed by atoms with Crippen molar-refractivity contribution in [3.63, 3.8) is 0 Å². The SMILES string of the molecule is NCC(O)(O)O.O. The zero-order valence-corrected chi connectivity index (χ0v) is 3.63. The van der Waals surface area contributed by atoms with E-state index in [4.69, 9.17) is 15.3 Å². The van der Waals surface area contributed by atoms with Gasteiger partial charge in [0, 0.05) is 0 Å². The zero-order chi connectivity index (χ0) is 5.21. The summed E-state index contributed by atoms with van der Waals surface area (Å²) in [5.41, 5.74) is 4.56. The third kappa shape index (κ3) is 10.7. The molecule has 0 rings (SSSR count). The van der Waals surface area contributed by atoms with Crippen LogP contribution in [0.3, 0.4) is 0 Å². The van der Waals surface area contributed by atoms with Crippen LogP contribution in [0.25, 0.3) is 0 Å². The van der Waals surface area contributed by atoms with Crippen LogP contribution < -0.4 is 5.73 Å². The first-order valence-electron chi connectivity index (χ1n) is 1.43. The molecule has 0 aliphatic rings. The van der Waals surface area contributed by atoms with Crippen molar-refractivity contribution in [3.05, 3.63) is 0 Å². The summed E-state index contributed by atoms with van der Waals surface area (Å²) in [6, 6.07) is 0. The van der Waals surface area contributed by atoms with E-state index in [1.807, 2.05) is 0 Å². The van der Waals surface area contributed by atoms with Gasteiger partial charge in [-0.2, -0.15) is 0 Å². The molecule has 0 fully saturated rings. The molecule has 0 aliphatic carbocycles. The van der Waals surface area contributed by atoms with Gasteiger partial charge in [-0.25, -0.2) is 0 Å². The number of hydrogen-bond donors (Lipinski definition) is 4. The fourth-order valence-electron chi connectivity index (χ4n) is 0. The molecule has 0 unspecified atom stereocenters. The fraction of sp³-hybridized carbons (Fsp3) is 1.00. The van der Waals surface area contributed by atoms with E-state index in [2.05, 4.69) is 5.73 Å². The Balaban J connectivity index is 0. The van der Waals surface area contributed by atoms with Gasteiger partial charge in [0.1, 0.15) is 0 Å². The van der Waals surface area contributed by atoms with Crippen molar-refractivity contribution in [3.8, 4) is 0 Å². The summed E-state index contributed by atoms with van der Waals surface area (Å²) >= 11 is 0. The van der Waals surface area contributed by atoms with Crippen molar-refractivity contribution in [2.24, 2.45) is 5.73 Å². The van der Waals surface area contributed by atoms with Crippen molar-refractivity contribution in [2.75, 3.05) is 6.54 Å². The Morgan fingerprint density at radius 2 is 1.43 bits per heavy atom. The molecule has 7 N–H and O–H groups in total. The van der Waals surface area contributed by atoms with E-state index < -0.39 is 12.5 Å². The van der Waals surface area contributed by atoms with E-state index in [1.165, 1.54) is 0 Å². The van der Waals surface area contributed by atoms with Gasteiger partial charge in [-0.1, -0.05) is 0 Å². The van der Waals surface area contributed by atoms with Crippen LogP contribution in [0.4, 0.5) is 0 Å². The molecule has 0 aliphatic heterocycles. The summed E-state index contributed by atoms with van der Waals surface area (Å²) in [4.78, 5) is 0. The molecule has 0 radical (unpaired) electrons. The number of nitrogens with two attached hydrogens (primary N) is 1. The van der Waals surface area contributed by atoms with Gasteiger partial charge in [-0.15, -0.1) is 0 Å². The van der Waals surface area contributed by atoms with E-state index in [0.717, 1.165) is 0 Å². The van der Waals surface area contributed by atoms with Crippen molar-refractivity contribution < 1.29 is 20.8 Å². The van der Waals surface area contributed by atoms with Crippen molar-refractivity contribution in [2.45, 2.75) is 5.97 Å². The average molecular weight is 111 g/mol. The molecular weight excluding hydrogens is 102 g/mol. The first kappa shape index (κ1) is 9.93. The van der Waals surface area contributed by atoms with E-state index in [-0.39, 0.29) is 5.48 Å². The predicted octanol–water partition coefficient (Wildman–Crippen LogP) is -3.25. The molecule has 0 atom stereocenters. The lowest BCUT2D eigenvalue weighted by Crippen LogP contribution is -2.36. The van der Waals surface area contributed by atoms with E-state index in [9.17, 15) is 0 Å². The number of aliphatic hydroxyl groups is 3. The minimum absolute atomic E-state index is 0. The maximum atomic E-state index is 7.81. The molecule has 0 saturated carbocycles. The number of rotatable bonds is 1. The van der Waals surface area contributed by atoms with Gasteiger partial charge in [-0.3, -0.25) is 0 Å². The fourth-order valence-corrected chi connectivity index (χ4v) is 0. The molecule has 0 spiro atoms. The topological polar surface area (TPSA) is 118 Å².